The second kappa shape index (κ2) is 8.81. The van der Waals surface area contributed by atoms with Crippen LogP contribution < -0.4 is 16.2 Å². The highest BCUT2D eigenvalue weighted by molar-refractivity contribution is 5.92. The average molecular weight is 418 g/mol. The summed E-state index contributed by atoms with van der Waals surface area (Å²) in [5.74, 6) is 0.131. The van der Waals surface area contributed by atoms with E-state index in [1.807, 2.05) is 31.3 Å². The van der Waals surface area contributed by atoms with Gasteiger partial charge < -0.3 is 15.6 Å². The van der Waals surface area contributed by atoms with Gasteiger partial charge in [0.15, 0.2) is 0 Å². The molecule has 1 unspecified atom stereocenters. The number of aryl methyl sites for hydroxylation is 1. The van der Waals surface area contributed by atoms with E-state index in [9.17, 15) is 9.59 Å². The van der Waals surface area contributed by atoms with Crippen LogP contribution in [0.15, 0.2) is 41.3 Å². The van der Waals surface area contributed by atoms with E-state index in [2.05, 4.69) is 33.6 Å². The molecule has 3 aromatic rings. The number of carbonyl (C=O) groups is 1. The van der Waals surface area contributed by atoms with Crippen LogP contribution in [0.2, 0.25) is 0 Å². The summed E-state index contributed by atoms with van der Waals surface area (Å²) in [5, 5.41) is 6.02. The van der Waals surface area contributed by atoms with Crippen molar-refractivity contribution in [1.29, 1.82) is 0 Å². The molecule has 0 aromatic carbocycles. The van der Waals surface area contributed by atoms with Gasteiger partial charge in [0, 0.05) is 38.3 Å². The minimum atomic E-state index is -0.215. The smallest absolute Gasteiger partial charge is 0.269 e. The van der Waals surface area contributed by atoms with Crippen LogP contribution in [-0.4, -0.2) is 41.0 Å². The van der Waals surface area contributed by atoms with Crippen LogP contribution in [0.1, 0.15) is 46.7 Å². The molecule has 160 valence electrons. The molecule has 0 saturated heterocycles. The Kier molecular flexibility index (Phi) is 5.95. The molecule has 31 heavy (non-hydrogen) atoms. The second-order valence-corrected chi connectivity index (χ2v) is 7.92. The first-order valence-corrected chi connectivity index (χ1v) is 10.6. The third kappa shape index (κ3) is 4.27. The van der Waals surface area contributed by atoms with Crippen molar-refractivity contribution in [3.05, 3.63) is 75.0 Å². The minimum Gasteiger partial charge on any atom is -0.354 e. The summed E-state index contributed by atoms with van der Waals surface area (Å²) in [7, 11) is 1.60. The summed E-state index contributed by atoms with van der Waals surface area (Å²) in [6.07, 6.45) is 5.18. The van der Waals surface area contributed by atoms with E-state index in [0.29, 0.717) is 30.0 Å². The largest absolute Gasteiger partial charge is 0.354 e. The molecule has 0 bridgehead atoms. The van der Waals surface area contributed by atoms with Gasteiger partial charge in [0.05, 0.1) is 16.7 Å². The monoisotopic (exact) mass is 417 g/mol. The van der Waals surface area contributed by atoms with Crippen molar-refractivity contribution < 1.29 is 4.79 Å². The summed E-state index contributed by atoms with van der Waals surface area (Å²) in [5.41, 5.74) is 6.55. The predicted octanol–water partition coefficient (Wildman–Crippen LogP) is 2.45. The lowest BCUT2D eigenvalue weighted by Crippen LogP contribution is -2.27. The van der Waals surface area contributed by atoms with Crippen molar-refractivity contribution >= 4 is 22.5 Å². The Morgan fingerprint density at radius 3 is 2.87 bits per heavy atom. The maximum atomic E-state index is 12.2. The number of nitrogens with one attached hydrogen (secondary N) is 3. The zero-order chi connectivity index (χ0) is 22.0. The molecule has 1 aliphatic rings. The summed E-state index contributed by atoms with van der Waals surface area (Å²) < 4.78 is 0. The molecule has 0 aliphatic carbocycles. The molecule has 0 radical (unpaired) electrons. The van der Waals surface area contributed by atoms with Crippen molar-refractivity contribution in [3.63, 3.8) is 0 Å². The van der Waals surface area contributed by atoms with Gasteiger partial charge in [-0.15, -0.1) is 0 Å². The third-order valence-corrected chi connectivity index (χ3v) is 5.77. The number of fused-ring (bicyclic) bond motifs is 1. The number of hydrogen-bond donors (Lipinski definition) is 3. The highest BCUT2D eigenvalue weighted by Crippen LogP contribution is 2.29. The summed E-state index contributed by atoms with van der Waals surface area (Å²) in [6.45, 7) is 5.85. The Morgan fingerprint density at radius 1 is 1.29 bits per heavy atom. The topological polar surface area (TPSA) is 99.8 Å². The van der Waals surface area contributed by atoms with Crippen LogP contribution in [0.5, 0.6) is 0 Å². The fraction of sp³-hybridized carbons (Fsp3) is 0.333. The number of amides is 1. The van der Waals surface area contributed by atoms with Crippen molar-refractivity contribution in [1.82, 2.24) is 25.6 Å². The van der Waals surface area contributed by atoms with Gasteiger partial charge in [0.25, 0.3) is 11.5 Å². The highest BCUT2D eigenvalue weighted by atomic mass is 16.1. The molecule has 1 atom stereocenters. The number of H-pyrrole nitrogens is 1. The molecule has 4 heterocycles. The normalized spacial score (nSPS) is 16.2. The molecule has 3 aromatic heterocycles. The van der Waals surface area contributed by atoms with Crippen molar-refractivity contribution in [2.45, 2.75) is 26.7 Å². The van der Waals surface area contributed by atoms with Gasteiger partial charge in [0.2, 0.25) is 0 Å². The summed E-state index contributed by atoms with van der Waals surface area (Å²) >= 11 is 0. The van der Waals surface area contributed by atoms with Crippen LogP contribution in [0.4, 0.5) is 0 Å². The zero-order valence-electron chi connectivity index (χ0n) is 18.1. The third-order valence-electron chi connectivity index (χ3n) is 5.77. The molecule has 3 N–H and O–H groups in total. The molecule has 7 nitrogen and oxygen atoms in total. The number of aromatic amines is 1. The predicted molar refractivity (Wildman–Crippen MR) is 122 cm³/mol. The maximum absolute atomic E-state index is 12.2. The quantitative estimate of drug-likeness (QED) is 0.592. The Morgan fingerprint density at radius 2 is 2.13 bits per heavy atom. The van der Waals surface area contributed by atoms with Crippen LogP contribution in [0, 0.1) is 5.92 Å². The fourth-order valence-electron chi connectivity index (χ4n) is 4.04. The van der Waals surface area contributed by atoms with Crippen LogP contribution >= 0.6 is 0 Å². The van der Waals surface area contributed by atoms with E-state index in [0.717, 1.165) is 41.0 Å². The van der Waals surface area contributed by atoms with Gasteiger partial charge in [-0.25, -0.2) is 4.98 Å². The number of pyridine rings is 3. The van der Waals surface area contributed by atoms with Crippen LogP contribution in [0.3, 0.4) is 0 Å². The van der Waals surface area contributed by atoms with E-state index in [-0.39, 0.29) is 11.5 Å². The standard InChI is InChI=1S/C24H27N5O2/c1-4-16-11-21-22(29-23(16)30)10-15(13-27-21)9-20-18(17-7-8-26-12-14(17)2)5-6-19(28-20)24(31)25-3/h5-7,10-11,13-14,26H,4,8-9,12H2,1-3H3,(H,25,31)(H,29,30). The van der Waals surface area contributed by atoms with Crippen molar-refractivity contribution in [2.75, 3.05) is 20.1 Å². The van der Waals surface area contributed by atoms with Gasteiger partial charge in [-0.1, -0.05) is 26.0 Å². The number of carbonyl (C=O) groups excluding carboxylic acids is 1. The SMILES string of the molecule is CCc1cc2ncc(Cc3nc(C(=O)NC)ccc3C3=CCNCC3C)cc2[nH]c1=O. The molecule has 1 aliphatic heterocycles. The summed E-state index contributed by atoms with van der Waals surface area (Å²) in [4.78, 5) is 36.6. The minimum absolute atomic E-state index is 0.0805. The van der Waals surface area contributed by atoms with E-state index in [1.54, 1.807) is 13.1 Å². The Labute approximate surface area is 181 Å². The number of nitrogens with zero attached hydrogens (tertiary/aromatic N) is 2. The lowest BCUT2D eigenvalue weighted by atomic mass is 9.89. The molecule has 0 spiro atoms. The summed E-state index contributed by atoms with van der Waals surface area (Å²) in [6, 6.07) is 7.55. The highest BCUT2D eigenvalue weighted by Gasteiger charge is 2.20. The number of hydrogen-bond acceptors (Lipinski definition) is 5. The zero-order valence-corrected chi connectivity index (χ0v) is 18.1. The Bertz CT molecular complexity index is 1230. The second-order valence-electron chi connectivity index (χ2n) is 7.92. The molecule has 0 saturated carbocycles. The first-order valence-electron chi connectivity index (χ1n) is 10.6. The first-order chi connectivity index (χ1) is 15.0. The lowest BCUT2D eigenvalue weighted by Gasteiger charge is -2.23. The fourth-order valence-corrected chi connectivity index (χ4v) is 4.04. The van der Waals surface area contributed by atoms with E-state index in [4.69, 9.17) is 4.98 Å². The average Bonchev–Trinajstić information content (AvgIpc) is 2.78. The van der Waals surface area contributed by atoms with Crippen LogP contribution in [0.25, 0.3) is 16.6 Å². The Balaban J connectivity index is 1.77. The van der Waals surface area contributed by atoms with Crippen molar-refractivity contribution in [2.24, 2.45) is 5.92 Å². The van der Waals surface area contributed by atoms with Gasteiger partial charge in [-0.05, 0) is 47.2 Å². The van der Waals surface area contributed by atoms with Crippen molar-refractivity contribution in [3.8, 4) is 0 Å². The Hall–Kier alpha value is -3.32. The van der Waals surface area contributed by atoms with Gasteiger partial charge in [-0.3, -0.25) is 14.6 Å². The van der Waals surface area contributed by atoms with Crippen LogP contribution in [-0.2, 0) is 12.8 Å². The number of aromatic nitrogens is 3. The first kappa shape index (κ1) is 20.9. The van der Waals surface area contributed by atoms with E-state index >= 15 is 0 Å². The van der Waals surface area contributed by atoms with E-state index in [1.165, 1.54) is 5.57 Å². The molecule has 0 fully saturated rings. The molecular formula is C24H27N5O2. The number of rotatable bonds is 5. The molecular weight excluding hydrogens is 390 g/mol. The molecule has 4 rings (SSSR count). The van der Waals surface area contributed by atoms with Gasteiger partial charge in [-0.2, -0.15) is 0 Å². The molecule has 7 heteroatoms. The molecule has 1 amide bonds. The lowest BCUT2D eigenvalue weighted by molar-refractivity contribution is 0.0958. The van der Waals surface area contributed by atoms with Gasteiger partial charge in [0.1, 0.15) is 5.69 Å². The van der Waals surface area contributed by atoms with E-state index < -0.39 is 0 Å². The van der Waals surface area contributed by atoms with Gasteiger partial charge >= 0.3 is 0 Å². The maximum Gasteiger partial charge on any atom is 0.269 e.